The molecule has 1 atom stereocenters. The van der Waals surface area contributed by atoms with Crippen LogP contribution in [0.15, 0.2) is 30.3 Å². The van der Waals surface area contributed by atoms with Gasteiger partial charge in [-0.3, -0.25) is 0 Å². The van der Waals surface area contributed by atoms with Crippen molar-refractivity contribution in [2.24, 2.45) is 0 Å². The summed E-state index contributed by atoms with van der Waals surface area (Å²) in [7, 11) is -2.01. The molecule has 0 aliphatic carbocycles. The minimum Gasteiger partial charge on any atom is -0.384 e. The zero-order valence-electron chi connectivity index (χ0n) is 12.3. The monoisotopic (exact) mass is 300 g/mol. The molecule has 5 nitrogen and oxygen atoms in total. The fraction of sp³-hybridized carbons (Fsp3) is 0.571. The highest BCUT2D eigenvalue weighted by atomic mass is 32.2. The van der Waals surface area contributed by atoms with Crippen molar-refractivity contribution in [2.75, 3.05) is 20.1 Å². The van der Waals surface area contributed by atoms with Crippen molar-refractivity contribution in [3.8, 4) is 0 Å². The Bertz CT molecular complexity index is 500. The van der Waals surface area contributed by atoms with Crippen LogP contribution < -0.4 is 4.72 Å². The Labute approximate surface area is 121 Å². The van der Waals surface area contributed by atoms with Crippen LogP contribution in [0.2, 0.25) is 0 Å². The molecule has 1 rings (SSSR count). The summed E-state index contributed by atoms with van der Waals surface area (Å²) in [4.78, 5) is 0. The van der Waals surface area contributed by atoms with E-state index in [9.17, 15) is 13.5 Å². The maximum Gasteiger partial charge on any atom is 0.279 e. The molecule has 0 radical (unpaired) electrons. The number of benzene rings is 1. The minimum atomic E-state index is -3.55. The Morgan fingerprint density at radius 1 is 1.30 bits per heavy atom. The molecule has 6 heteroatoms. The van der Waals surface area contributed by atoms with Gasteiger partial charge in [0.05, 0.1) is 0 Å². The van der Waals surface area contributed by atoms with E-state index in [4.69, 9.17) is 0 Å². The van der Waals surface area contributed by atoms with Gasteiger partial charge in [-0.1, -0.05) is 43.7 Å². The van der Waals surface area contributed by atoms with Crippen molar-refractivity contribution in [2.45, 2.75) is 32.3 Å². The quantitative estimate of drug-likeness (QED) is 0.763. The van der Waals surface area contributed by atoms with Crippen LogP contribution >= 0.6 is 0 Å². The van der Waals surface area contributed by atoms with Crippen molar-refractivity contribution in [3.05, 3.63) is 35.9 Å². The Morgan fingerprint density at radius 2 is 1.90 bits per heavy atom. The standard InChI is InChI=1S/C14H24N2O3S/c1-4-5-11-16(3)20(18,19)15-12-14(2,17)13-9-7-6-8-10-13/h6-10,15,17H,4-5,11-12H2,1-3H3. The lowest BCUT2D eigenvalue weighted by atomic mass is 9.97. The molecule has 0 bridgehead atoms. The van der Waals surface area contributed by atoms with E-state index in [0.29, 0.717) is 12.1 Å². The average Bonchev–Trinajstić information content (AvgIpc) is 2.43. The predicted octanol–water partition coefficient (Wildman–Crippen LogP) is 1.46. The normalized spacial score (nSPS) is 15.2. The fourth-order valence-electron chi connectivity index (χ4n) is 1.74. The van der Waals surface area contributed by atoms with Gasteiger partial charge in [-0.25, -0.2) is 0 Å². The number of rotatable bonds is 8. The SMILES string of the molecule is CCCCN(C)S(=O)(=O)NCC(C)(O)c1ccccc1. The maximum atomic E-state index is 12.0. The highest BCUT2D eigenvalue weighted by molar-refractivity contribution is 7.87. The molecule has 0 heterocycles. The minimum absolute atomic E-state index is 0.0597. The fourth-order valence-corrected chi connectivity index (χ4v) is 2.80. The molecule has 0 saturated heterocycles. The highest BCUT2D eigenvalue weighted by Crippen LogP contribution is 2.19. The van der Waals surface area contributed by atoms with Crippen molar-refractivity contribution >= 4 is 10.2 Å². The largest absolute Gasteiger partial charge is 0.384 e. The smallest absolute Gasteiger partial charge is 0.279 e. The molecular weight excluding hydrogens is 276 g/mol. The first kappa shape index (κ1) is 17.1. The lowest BCUT2D eigenvalue weighted by molar-refractivity contribution is 0.0623. The second kappa shape index (κ2) is 7.17. The molecule has 2 N–H and O–H groups in total. The molecule has 20 heavy (non-hydrogen) atoms. The number of hydrogen-bond donors (Lipinski definition) is 2. The van der Waals surface area contributed by atoms with Gasteiger partial charge >= 0.3 is 0 Å². The van der Waals surface area contributed by atoms with Gasteiger partial charge in [-0.05, 0) is 18.9 Å². The van der Waals surface area contributed by atoms with Crippen LogP contribution in [0.1, 0.15) is 32.3 Å². The molecule has 0 aliphatic rings. The summed E-state index contributed by atoms with van der Waals surface area (Å²) in [6.07, 6.45) is 1.74. The summed E-state index contributed by atoms with van der Waals surface area (Å²) >= 11 is 0. The summed E-state index contributed by atoms with van der Waals surface area (Å²) in [6, 6.07) is 9.02. The van der Waals surface area contributed by atoms with Gasteiger partial charge in [0.1, 0.15) is 5.60 Å². The second-order valence-corrected chi connectivity index (χ2v) is 7.00. The van der Waals surface area contributed by atoms with E-state index >= 15 is 0 Å². The second-order valence-electron chi connectivity index (χ2n) is 5.14. The number of nitrogens with zero attached hydrogens (tertiary/aromatic N) is 1. The molecule has 0 saturated carbocycles. The summed E-state index contributed by atoms with van der Waals surface area (Å²) in [5.74, 6) is 0. The van der Waals surface area contributed by atoms with E-state index in [1.807, 2.05) is 25.1 Å². The van der Waals surface area contributed by atoms with E-state index in [-0.39, 0.29) is 6.54 Å². The zero-order chi connectivity index (χ0) is 15.2. The first-order valence-corrected chi connectivity index (χ1v) is 8.22. The van der Waals surface area contributed by atoms with E-state index in [1.54, 1.807) is 19.1 Å². The molecule has 0 spiro atoms. The molecule has 1 aromatic rings. The van der Waals surface area contributed by atoms with Crippen LogP contribution in [0.5, 0.6) is 0 Å². The summed E-state index contributed by atoms with van der Waals surface area (Å²) in [6.45, 7) is 4.01. The van der Waals surface area contributed by atoms with Gasteiger partial charge in [-0.2, -0.15) is 17.4 Å². The third-order valence-corrected chi connectivity index (χ3v) is 4.74. The van der Waals surface area contributed by atoms with Crippen LogP contribution in [0.4, 0.5) is 0 Å². The van der Waals surface area contributed by atoms with E-state index in [0.717, 1.165) is 12.8 Å². The lowest BCUT2D eigenvalue weighted by Gasteiger charge is -2.26. The van der Waals surface area contributed by atoms with Gasteiger partial charge in [0.2, 0.25) is 0 Å². The maximum absolute atomic E-state index is 12.0. The molecular formula is C14H24N2O3S. The summed E-state index contributed by atoms with van der Waals surface area (Å²) in [5, 5.41) is 10.4. The van der Waals surface area contributed by atoms with Crippen LogP contribution in [-0.4, -0.2) is 38.0 Å². The van der Waals surface area contributed by atoms with Gasteiger partial charge in [0, 0.05) is 20.1 Å². The number of nitrogens with one attached hydrogen (secondary N) is 1. The third kappa shape index (κ3) is 4.86. The van der Waals surface area contributed by atoms with E-state index < -0.39 is 15.8 Å². The lowest BCUT2D eigenvalue weighted by Crippen LogP contribution is -2.44. The Kier molecular flexibility index (Phi) is 6.13. The molecule has 1 aromatic carbocycles. The molecule has 0 fully saturated rings. The van der Waals surface area contributed by atoms with Crippen LogP contribution in [0, 0.1) is 0 Å². The number of unbranched alkanes of at least 4 members (excludes halogenated alkanes) is 1. The summed E-state index contributed by atoms with van der Waals surface area (Å²) < 4.78 is 27.8. The van der Waals surface area contributed by atoms with Crippen molar-refractivity contribution < 1.29 is 13.5 Å². The van der Waals surface area contributed by atoms with Gasteiger partial charge in [0.25, 0.3) is 10.2 Å². The molecule has 1 unspecified atom stereocenters. The van der Waals surface area contributed by atoms with Gasteiger partial charge < -0.3 is 5.11 Å². The van der Waals surface area contributed by atoms with Crippen LogP contribution in [0.25, 0.3) is 0 Å². The van der Waals surface area contributed by atoms with Crippen LogP contribution in [-0.2, 0) is 15.8 Å². The van der Waals surface area contributed by atoms with Crippen molar-refractivity contribution in [1.29, 1.82) is 0 Å². The van der Waals surface area contributed by atoms with Crippen LogP contribution in [0.3, 0.4) is 0 Å². The topological polar surface area (TPSA) is 69.6 Å². The highest BCUT2D eigenvalue weighted by Gasteiger charge is 2.26. The zero-order valence-corrected chi connectivity index (χ0v) is 13.2. The van der Waals surface area contributed by atoms with Crippen molar-refractivity contribution in [3.63, 3.8) is 0 Å². The average molecular weight is 300 g/mol. The predicted molar refractivity (Wildman–Crippen MR) is 80.5 cm³/mol. The molecule has 114 valence electrons. The first-order valence-electron chi connectivity index (χ1n) is 6.78. The van der Waals surface area contributed by atoms with Gasteiger partial charge in [0.15, 0.2) is 0 Å². The number of aliphatic hydroxyl groups is 1. The first-order chi connectivity index (χ1) is 9.29. The van der Waals surface area contributed by atoms with Gasteiger partial charge in [-0.15, -0.1) is 0 Å². The van der Waals surface area contributed by atoms with Crippen molar-refractivity contribution in [1.82, 2.24) is 9.03 Å². The number of hydrogen-bond acceptors (Lipinski definition) is 3. The molecule has 0 amide bonds. The molecule has 0 aliphatic heterocycles. The Hall–Kier alpha value is -0.950. The molecule has 0 aromatic heterocycles. The third-order valence-electron chi connectivity index (χ3n) is 3.23. The van der Waals surface area contributed by atoms with E-state index in [2.05, 4.69) is 4.72 Å². The Balaban J connectivity index is 2.66. The Morgan fingerprint density at radius 3 is 2.45 bits per heavy atom. The summed E-state index contributed by atoms with van der Waals surface area (Å²) in [5.41, 5.74) is -0.557. The van der Waals surface area contributed by atoms with E-state index in [1.165, 1.54) is 11.4 Å².